The second-order valence-electron chi connectivity index (χ2n) is 9.65. The Morgan fingerprint density at radius 3 is 2.73 bits per heavy atom. The van der Waals surface area contributed by atoms with E-state index in [0.29, 0.717) is 21.9 Å². The number of alkyl halides is 1. The highest BCUT2D eigenvalue weighted by atomic mass is 79.9. The summed E-state index contributed by atoms with van der Waals surface area (Å²) in [4.78, 5) is 19.7. The zero-order chi connectivity index (χ0) is 17.9. The molecule has 1 aromatic rings. The molecule has 6 heteroatoms. The van der Waals surface area contributed by atoms with Crippen LogP contribution in [0.25, 0.3) is 0 Å². The van der Waals surface area contributed by atoms with Gasteiger partial charge in [-0.3, -0.25) is 4.79 Å². The van der Waals surface area contributed by atoms with E-state index in [1.54, 1.807) is 0 Å². The number of hydrogen-bond donors (Lipinski definition) is 0. The standard InChI is InChI=1S/C20H28BrN3O2/c1-13-22-18(26-23-13)16-3-2-4-24(11-16)17(25)10-19-6-14-5-15(7-19)9-20(21,8-14)12-19/h14-16H,2-12H2,1H3. The van der Waals surface area contributed by atoms with Crippen molar-refractivity contribution in [3.63, 3.8) is 0 Å². The van der Waals surface area contributed by atoms with Crippen molar-refractivity contribution in [3.8, 4) is 0 Å². The van der Waals surface area contributed by atoms with Crippen molar-refractivity contribution < 1.29 is 9.32 Å². The van der Waals surface area contributed by atoms with Crippen molar-refractivity contribution in [3.05, 3.63) is 11.7 Å². The van der Waals surface area contributed by atoms with E-state index in [2.05, 4.69) is 31.0 Å². The van der Waals surface area contributed by atoms with Crippen molar-refractivity contribution in [1.82, 2.24) is 15.0 Å². The Kier molecular flexibility index (Phi) is 4.00. The van der Waals surface area contributed by atoms with Crippen LogP contribution in [0.5, 0.6) is 0 Å². The summed E-state index contributed by atoms with van der Waals surface area (Å²) in [6, 6.07) is 0. The first kappa shape index (κ1) is 17.2. The van der Waals surface area contributed by atoms with Gasteiger partial charge in [0, 0.05) is 23.8 Å². The fourth-order valence-electron chi connectivity index (χ4n) is 6.86. The number of nitrogens with zero attached hydrogens (tertiary/aromatic N) is 3. The van der Waals surface area contributed by atoms with Crippen LogP contribution in [0.3, 0.4) is 0 Å². The molecule has 5 aliphatic rings. The van der Waals surface area contributed by atoms with Crippen molar-refractivity contribution in [2.24, 2.45) is 17.3 Å². The van der Waals surface area contributed by atoms with E-state index in [0.717, 1.165) is 44.2 Å². The molecule has 3 unspecified atom stereocenters. The molecular formula is C20H28BrN3O2. The number of likely N-dealkylation sites (tertiary alicyclic amines) is 1. The number of aromatic nitrogens is 2. The normalized spacial score (nSPS) is 41.6. The molecular weight excluding hydrogens is 394 g/mol. The lowest BCUT2D eigenvalue weighted by Gasteiger charge is -2.60. The maximum absolute atomic E-state index is 13.2. The Hall–Kier alpha value is -0.910. The second-order valence-corrected chi connectivity index (χ2v) is 11.3. The van der Waals surface area contributed by atoms with Gasteiger partial charge >= 0.3 is 0 Å². The third-order valence-corrected chi connectivity index (χ3v) is 8.23. The highest BCUT2D eigenvalue weighted by Crippen LogP contribution is 2.65. The molecule has 3 atom stereocenters. The van der Waals surface area contributed by atoms with Crippen LogP contribution in [0.2, 0.25) is 0 Å². The molecule has 0 radical (unpaired) electrons. The van der Waals surface area contributed by atoms with E-state index >= 15 is 0 Å². The van der Waals surface area contributed by atoms with Crippen LogP contribution >= 0.6 is 15.9 Å². The highest BCUT2D eigenvalue weighted by molar-refractivity contribution is 9.10. The van der Waals surface area contributed by atoms with E-state index in [1.807, 2.05) is 6.92 Å². The number of halogens is 1. The Balaban J connectivity index is 1.28. The molecule has 142 valence electrons. The minimum atomic E-state index is 0.202. The average Bonchev–Trinajstić information content (AvgIpc) is 2.99. The Morgan fingerprint density at radius 1 is 1.31 bits per heavy atom. The molecule has 5 fully saturated rings. The van der Waals surface area contributed by atoms with Gasteiger partial charge in [0.2, 0.25) is 11.8 Å². The van der Waals surface area contributed by atoms with Crippen LogP contribution in [0.4, 0.5) is 0 Å². The maximum atomic E-state index is 13.2. The van der Waals surface area contributed by atoms with E-state index in [4.69, 9.17) is 4.52 Å². The van der Waals surface area contributed by atoms with Crippen LogP contribution < -0.4 is 0 Å². The number of amides is 1. The summed E-state index contributed by atoms with van der Waals surface area (Å²) in [6.07, 6.45) is 10.6. The molecule has 4 bridgehead atoms. The molecule has 4 aliphatic carbocycles. The van der Waals surface area contributed by atoms with Crippen LogP contribution in [0, 0.1) is 24.2 Å². The molecule has 6 rings (SSSR count). The highest BCUT2D eigenvalue weighted by Gasteiger charge is 2.57. The molecule has 1 amide bonds. The van der Waals surface area contributed by atoms with Gasteiger partial charge in [-0.25, -0.2) is 0 Å². The third-order valence-electron chi connectivity index (χ3n) is 7.30. The lowest BCUT2D eigenvalue weighted by Crippen LogP contribution is -2.54. The van der Waals surface area contributed by atoms with Crippen molar-refractivity contribution >= 4 is 21.8 Å². The molecule has 26 heavy (non-hydrogen) atoms. The number of piperidine rings is 1. The zero-order valence-electron chi connectivity index (χ0n) is 15.5. The summed E-state index contributed by atoms with van der Waals surface area (Å²) in [5.74, 6) is 3.60. The summed E-state index contributed by atoms with van der Waals surface area (Å²) in [5, 5.41) is 3.92. The van der Waals surface area contributed by atoms with Gasteiger partial charge in [-0.2, -0.15) is 4.98 Å². The number of rotatable bonds is 3. The number of carbonyl (C=O) groups excluding carboxylic acids is 1. The molecule has 2 heterocycles. The van der Waals surface area contributed by atoms with E-state index in [9.17, 15) is 4.79 Å². The lowest BCUT2D eigenvalue weighted by atomic mass is 9.48. The van der Waals surface area contributed by atoms with Gasteiger partial charge in [-0.1, -0.05) is 21.1 Å². The minimum absolute atomic E-state index is 0.202. The molecule has 5 nitrogen and oxygen atoms in total. The van der Waals surface area contributed by atoms with Crippen LogP contribution in [0.15, 0.2) is 4.52 Å². The summed E-state index contributed by atoms with van der Waals surface area (Å²) in [7, 11) is 0. The van der Waals surface area contributed by atoms with Crippen molar-refractivity contribution in [2.75, 3.05) is 13.1 Å². The summed E-state index contributed by atoms with van der Waals surface area (Å²) in [5.41, 5.74) is 0.249. The van der Waals surface area contributed by atoms with E-state index in [-0.39, 0.29) is 11.3 Å². The fraction of sp³-hybridized carbons (Fsp3) is 0.850. The molecule has 0 spiro atoms. The minimum Gasteiger partial charge on any atom is -0.342 e. The predicted molar refractivity (Wildman–Crippen MR) is 101 cm³/mol. The van der Waals surface area contributed by atoms with Gasteiger partial charge < -0.3 is 9.42 Å². The van der Waals surface area contributed by atoms with Gasteiger partial charge in [-0.05, 0) is 75.5 Å². The molecule has 0 N–H and O–H groups in total. The summed E-state index contributed by atoms with van der Waals surface area (Å²) < 4.78 is 5.70. The number of aryl methyl sites for hydroxylation is 1. The number of carbonyl (C=O) groups is 1. The largest absolute Gasteiger partial charge is 0.342 e. The van der Waals surface area contributed by atoms with Gasteiger partial charge in [0.1, 0.15) is 0 Å². The predicted octanol–water partition coefficient (Wildman–Crippen LogP) is 4.21. The zero-order valence-corrected chi connectivity index (χ0v) is 17.1. The SMILES string of the molecule is Cc1noc(C2CCCN(C(=O)CC34CC5CC(CC(Br)(C5)C3)C4)C2)n1. The van der Waals surface area contributed by atoms with E-state index < -0.39 is 0 Å². The van der Waals surface area contributed by atoms with Gasteiger partial charge in [0.15, 0.2) is 5.82 Å². The van der Waals surface area contributed by atoms with E-state index in [1.165, 1.54) is 38.5 Å². The van der Waals surface area contributed by atoms with Crippen LogP contribution in [-0.2, 0) is 4.79 Å². The summed E-state index contributed by atoms with van der Waals surface area (Å²) in [6.45, 7) is 3.47. The van der Waals surface area contributed by atoms with Crippen molar-refractivity contribution in [2.45, 2.75) is 75.0 Å². The molecule has 1 aromatic heterocycles. The Morgan fingerprint density at radius 2 is 2.08 bits per heavy atom. The summed E-state index contributed by atoms with van der Waals surface area (Å²) >= 11 is 4.07. The lowest BCUT2D eigenvalue weighted by molar-refractivity contribution is -0.139. The van der Waals surface area contributed by atoms with Gasteiger partial charge in [0.25, 0.3) is 0 Å². The topological polar surface area (TPSA) is 59.2 Å². The van der Waals surface area contributed by atoms with Crippen molar-refractivity contribution in [1.29, 1.82) is 0 Å². The van der Waals surface area contributed by atoms with Crippen LogP contribution in [-0.4, -0.2) is 38.4 Å². The third kappa shape index (κ3) is 3.02. The molecule has 4 saturated carbocycles. The first-order valence-corrected chi connectivity index (χ1v) is 11.0. The van der Waals surface area contributed by atoms with Crippen LogP contribution in [0.1, 0.15) is 75.4 Å². The monoisotopic (exact) mass is 421 g/mol. The molecule has 1 aliphatic heterocycles. The maximum Gasteiger partial charge on any atom is 0.231 e. The Bertz CT molecular complexity index is 704. The first-order valence-electron chi connectivity index (χ1n) is 10.2. The Labute approximate surface area is 163 Å². The smallest absolute Gasteiger partial charge is 0.231 e. The van der Waals surface area contributed by atoms with Gasteiger partial charge in [-0.15, -0.1) is 0 Å². The molecule has 1 saturated heterocycles. The first-order chi connectivity index (χ1) is 12.4. The molecule has 0 aromatic carbocycles. The van der Waals surface area contributed by atoms with Gasteiger partial charge in [0.05, 0.1) is 5.92 Å². The quantitative estimate of drug-likeness (QED) is 0.685. The second kappa shape index (κ2) is 6.05. The average molecular weight is 422 g/mol. The fourth-order valence-corrected chi connectivity index (χ4v) is 8.37. The number of hydrogen-bond acceptors (Lipinski definition) is 4.